The summed E-state index contributed by atoms with van der Waals surface area (Å²) < 4.78 is 13.4. The van der Waals surface area contributed by atoms with Crippen LogP contribution in [0.3, 0.4) is 0 Å². The molecule has 2 atom stereocenters. The maximum atomic E-state index is 5.99. The van der Waals surface area contributed by atoms with Crippen LogP contribution in [-0.4, -0.2) is 22.7 Å². The molecule has 0 unspecified atom stereocenters. The summed E-state index contributed by atoms with van der Waals surface area (Å²) in [5.41, 5.74) is 1.22. The fourth-order valence-electron chi connectivity index (χ4n) is 2.98. The molecule has 0 spiro atoms. The number of ether oxygens (including phenoxy) is 1. The summed E-state index contributed by atoms with van der Waals surface area (Å²) in [4.78, 5) is 4.46. The van der Waals surface area contributed by atoms with Crippen LogP contribution in [0.25, 0.3) is 0 Å². The van der Waals surface area contributed by atoms with Crippen LogP contribution in [0.1, 0.15) is 36.1 Å². The standard InChI is InChI=1S/C16H23N3O2/c1-12-13(5-9-20-12)10-17-11-14-4-3-8-21-15(14)16-18-6-7-19(16)2/h5-7,9,14-15,17H,3-4,8,10-11H2,1-2H3/t14-,15+/m0/s1. The minimum absolute atomic E-state index is 0.0942. The molecule has 0 aliphatic carbocycles. The fourth-order valence-corrected chi connectivity index (χ4v) is 2.98. The second-order valence-electron chi connectivity index (χ2n) is 5.72. The Hall–Kier alpha value is -1.59. The molecule has 5 nitrogen and oxygen atoms in total. The Bertz CT molecular complexity index is 576. The molecule has 2 aromatic heterocycles. The summed E-state index contributed by atoms with van der Waals surface area (Å²) in [5.74, 6) is 2.48. The lowest BCUT2D eigenvalue weighted by atomic mass is 9.93. The third kappa shape index (κ3) is 3.19. The quantitative estimate of drug-likeness (QED) is 0.919. The van der Waals surface area contributed by atoms with E-state index in [1.807, 2.05) is 32.4 Å². The molecule has 1 aliphatic heterocycles. The van der Waals surface area contributed by atoms with Gasteiger partial charge in [0.25, 0.3) is 0 Å². The maximum Gasteiger partial charge on any atom is 0.137 e. The number of hydrogen-bond acceptors (Lipinski definition) is 4. The van der Waals surface area contributed by atoms with Crippen LogP contribution in [0.2, 0.25) is 0 Å². The minimum Gasteiger partial charge on any atom is -0.469 e. The molecule has 114 valence electrons. The molecule has 1 fully saturated rings. The van der Waals surface area contributed by atoms with Gasteiger partial charge < -0.3 is 19.0 Å². The van der Waals surface area contributed by atoms with Gasteiger partial charge in [-0.2, -0.15) is 0 Å². The van der Waals surface area contributed by atoms with Crippen LogP contribution in [0, 0.1) is 12.8 Å². The predicted octanol–water partition coefficient (Wildman–Crippen LogP) is 2.58. The highest BCUT2D eigenvalue weighted by Crippen LogP contribution is 2.32. The molecule has 0 amide bonds. The summed E-state index contributed by atoms with van der Waals surface area (Å²) in [6.07, 6.45) is 7.95. The molecule has 1 saturated heterocycles. The monoisotopic (exact) mass is 289 g/mol. The average Bonchev–Trinajstić information content (AvgIpc) is 3.09. The van der Waals surface area contributed by atoms with Gasteiger partial charge in [-0.05, 0) is 25.8 Å². The molecule has 21 heavy (non-hydrogen) atoms. The van der Waals surface area contributed by atoms with Crippen LogP contribution < -0.4 is 5.32 Å². The smallest absolute Gasteiger partial charge is 0.137 e. The van der Waals surface area contributed by atoms with E-state index in [1.165, 1.54) is 12.0 Å². The number of rotatable bonds is 5. The molecule has 0 bridgehead atoms. The Balaban J connectivity index is 1.60. The van der Waals surface area contributed by atoms with E-state index in [0.717, 1.165) is 37.7 Å². The minimum atomic E-state index is 0.0942. The molecular formula is C16H23N3O2. The first-order valence-corrected chi connectivity index (χ1v) is 7.58. The Morgan fingerprint density at radius 1 is 1.48 bits per heavy atom. The van der Waals surface area contributed by atoms with Crippen molar-refractivity contribution in [3.05, 3.63) is 41.9 Å². The van der Waals surface area contributed by atoms with E-state index in [2.05, 4.69) is 14.9 Å². The predicted molar refractivity (Wildman–Crippen MR) is 79.8 cm³/mol. The number of nitrogens with one attached hydrogen (secondary N) is 1. The molecule has 2 aromatic rings. The van der Waals surface area contributed by atoms with Gasteiger partial charge in [-0.1, -0.05) is 0 Å². The van der Waals surface area contributed by atoms with Gasteiger partial charge in [-0.15, -0.1) is 0 Å². The largest absolute Gasteiger partial charge is 0.469 e. The second kappa shape index (κ2) is 6.45. The first-order valence-electron chi connectivity index (χ1n) is 7.58. The van der Waals surface area contributed by atoms with Crippen molar-refractivity contribution in [3.63, 3.8) is 0 Å². The van der Waals surface area contributed by atoms with Crippen LogP contribution in [0.5, 0.6) is 0 Å². The van der Waals surface area contributed by atoms with Gasteiger partial charge in [0, 0.05) is 50.6 Å². The topological polar surface area (TPSA) is 52.2 Å². The van der Waals surface area contributed by atoms with Crippen molar-refractivity contribution >= 4 is 0 Å². The first kappa shape index (κ1) is 14.4. The normalized spacial score (nSPS) is 22.6. The highest BCUT2D eigenvalue weighted by atomic mass is 16.5. The number of aromatic nitrogens is 2. The molecule has 0 radical (unpaired) electrons. The van der Waals surface area contributed by atoms with Crippen molar-refractivity contribution in [2.75, 3.05) is 13.2 Å². The molecule has 0 aromatic carbocycles. The van der Waals surface area contributed by atoms with Crippen LogP contribution >= 0.6 is 0 Å². The lowest BCUT2D eigenvalue weighted by Gasteiger charge is -2.31. The molecule has 1 N–H and O–H groups in total. The zero-order valence-corrected chi connectivity index (χ0v) is 12.7. The highest BCUT2D eigenvalue weighted by Gasteiger charge is 2.29. The summed E-state index contributed by atoms with van der Waals surface area (Å²) in [7, 11) is 2.03. The van der Waals surface area contributed by atoms with Crippen molar-refractivity contribution in [1.29, 1.82) is 0 Å². The van der Waals surface area contributed by atoms with Crippen molar-refractivity contribution in [1.82, 2.24) is 14.9 Å². The number of nitrogens with zero attached hydrogens (tertiary/aromatic N) is 2. The van der Waals surface area contributed by atoms with Gasteiger partial charge >= 0.3 is 0 Å². The van der Waals surface area contributed by atoms with Crippen molar-refractivity contribution in [3.8, 4) is 0 Å². The lowest BCUT2D eigenvalue weighted by molar-refractivity contribution is -0.0344. The maximum absolute atomic E-state index is 5.99. The van der Waals surface area contributed by atoms with E-state index < -0.39 is 0 Å². The molecule has 5 heteroatoms. The van der Waals surface area contributed by atoms with E-state index in [0.29, 0.717) is 5.92 Å². The summed E-state index contributed by atoms with van der Waals surface area (Å²) in [6, 6.07) is 2.02. The Morgan fingerprint density at radius 3 is 3.10 bits per heavy atom. The van der Waals surface area contributed by atoms with Gasteiger partial charge in [-0.25, -0.2) is 4.98 Å². The molecular weight excluding hydrogens is 266 g/mol. The first-order chi connectivity index (χ1) is 10.3. The fraction of sp³-hybridized carbons (Fsp3) is 0.562. The zero-order valence-electron chi connectivity index (χ0n) is 12.7. The van der Waals surface area contributed by atoms with Gasteiger partial charge in [0.15, 0.2) is 0 Å². The van der Waals surface area contributed by atoms with E-state index in [-0.39, 0.29) is 6.10 Å². The Labute approximate surface area is 125 Å². The number of imidazole rings is 1. The van der Waals surface area contributed by atoms with Gasteiger partial charge in [-0.3, -0.25) is 0 Å². The molecule has 1 aliphatic rings. The third-order valence-electron chi connectivity index (χ3n) is 4.25. The average molecular weight is 289 g/mol. The van der Waals surface area contributed by atoms with Gasteiger partial charge in [0.2, 0.25) is 0 Å². The highest BCUT2D eigenvalue weighted by molar-refractivity contribution is 5.14. The number of furan rings is 1. The van der Waals surface area contributed by atoms with E-state index >= 15 is 0 Å². The number of aryl methyl sites for hydroxylation is 2. The van der Waals surface area contributed by atoms with Crippen molar-refractivity contribution < 1.29 is 9.15 Å². The Kier molecular flexibility index (Phi) is 4.41. The van der Waals surface area contributed by atoms with Crippen molar-refractivity contribution in [2.45, 2.75) is 32.4 Å². The van der Waals surface area contributed by atoms with E-state index in [1.54, 1.807) is 6.26 Å². The van der Waals surface area contributed by atoms with Gasteiger partial charge in [0.05, 0.1) is 6.26 Å². The number of hydrogen-bond donors (Lipinski definition) is 1. The van der Waals surface area contributed by atoms with Crippen molar-refractivity contribution in [2.24, 2.45) is 13.0 Å². The molecule has 0 saturated carbocycles. The van der Waals surface area contributed by atoms with Crippen LogP contribution in [-0.2, 0) is 18.3 Å². The van der Waals surface area contributed by atoms with Crippen LogP contribution in [0.15, 0.2) is 29.1 Å². The second-order valence-corrected chi connectivity index (χ2v) is 5.72. The third-order valence-corrected chi connectivity index (χ3v) is 4.25. The SMILES string of the molecule is Cc1occc1CNC[C@@H]1CCCO[C@H]1c1nccn1C. The summed E-state index contributed by atoms with van der Waals surface area (Å²) in [5, 5.41) is 3.53. The van der Waals surface area contributed by atoms with Gasteiger partial charge in [0.1, 0.15) is 17.7 Å². The Morgan fingerprint density at radius 2 is 2.38 bits per heavy atom. The van der Waals surface area contributed by atoms with Crippen LogP contribution in [0.4, 0.5) is 0 Å². The summed E-state index contributed by atoms with van der Waals surface area (Å²) in [6.45, 7) is 4.60. The summed E-state index contributed by atoms with van der Waals surface area (Å²) >= 11 is 0. The van der Waals surface area contributed by atoms with E-state index in [9.17, 15) is 0 Å². The lowest BCUT2D eigenvalue weighted by Crippen LogP contribution is -2.33. The zero-order chi connectivity index (χ0) is 14.7. The molecule has 3 heterocycles. The molecule has 3 rings (SSSR count). The van der Waals surface area contributed by atoms with E-state index in [4.69, 9.17) is 9.15 Å².